The van der Waals surface area contributed by atoms with Crippen LogP contribution in [-0.4, -0.2) is 23.7 Å². The molecule has 0 radical (unpaired) electrons. The van der Waals surface area contributed by atoms with E-state index in [1.165, 1.54) is 50.5 Å². The van der Waals surface area contributed by atoms with E-state index < -0.39 is 0 Å². The number of carbonyl (C=O) groups is 1. The highest BCUT2D eigenvalue weighted by Gasteiger charge is 2.64. The second-order valence-electron chi connectivity index (χ2n) is 16.8. The Bertz CT molecular complexity index is 1030. The van der Waals surface area contributed by atoms with Gasteiger partial charge in [0.2, 0.25) is 0 Å². The highest BCUT2D eigenvalue weighted by atomic mass is 16.6. The smallest absolute Gasteiger partial charge is 0.145 e. The van der Waals surface area contributed by atoms with E-state index >= 15 is 0 Å². The Morgan fingerprint density at radius 1 is 1.03 bits per heavy atom. The molecule has 2 heterocycles. The van der Waals surface area contributed by atoms with Crippen LogP contribution >= 0.6 is 0 Å². The molecular weight excluding hydrogens is 482 g/mol. The summed E-state index contributed by atoms with van der Waals surface area (Å²) in [6, 6.07) is 0. The molecule has 0 aromatic carbocycles. The molecule has 1 unspecified atom stereocenters. The van der Waals surface area contributed by atoms with Gasteiger partial charge in [0.05, 0.1) is 18.9 Å². The molecule has 0 spiro atoms. The molecular formula is C35H59NO3. The number of Topliss-reactive ketones (excluding diaryl/α,β-unsaturated/α-hetero) is 1. The fraction of sp³-hybridized carbons (Fsp3) is 0.886. The zero-order valence-corrected chi connectivity index (χ0v) is 27.3. The number of epoxide rings is 1. The van der Waals surface area contributed by atoms with Crippen LogP contribution in [0, 0.1) is 38.9 Å². The molecule has 0 bridgehead atoms. The van der Waals surface area contributed by atoms with Gasteiger partial charge < -0.3 is 14.1 Å². The van der Waals surface area contributed by atoms with Crippen LogP contribution in [0.2, 0.25) is 0 Å². The predicted octanol–water partition coefficient (Wildman–Crippen LogP) is 9.34. The van der Waals surface area contributed by atoms with Crippen LogP contribution in [0.5, 0.6) is 0 Å². The maximum atomic E-state index is 12.9. The van der Waals surface area contributed by atoms with Crippen molar-refractivity contribution in [2.75, 3.05) is 6.61 Å². The van der Waals surface area contributed by atoms with Crippen molar-refractivity contribution in [1.82, 2.24) is 5.16 Å². The zero-order valence-electron chi connectivity index (χ0n) is 27.3. The van der Waals surface area contributed by atoms with Crippen molar-refractivity contribution in [2.45, 2.75) is 152 Å². The maximum Gasteiger partial charge on any atom is 0.145 e. The first kappa shape index (κ1) is 30.8. The van der Waals surface area contributed by atoms with Crippen LogP contribution in [0.25, 0.3) is 0 Å². The lowest BCUT2D eigenvalue weighted by Gasteiger charge is -2.65. The van der Waals surface area contributed by atoms with Crippen LogP contribution in [0.3, 0.4) is 0 Å². The summed E-state index contributed by atoms with van der Waals surface area (Å²) in [6.07, 6.45) is 13.7. The van der Waals surface area contributed by atoms with Gasteiger partial charge in [0, 0.05) is 17.4 Å². The number of hydrogen-bond acceptors (Lipinski definition) is 4. The van der Waals surface area contributed by atoms with E-state index in [4.69, 9.17) is 9.26 Å². The molecule has 1 aromatic heterocycles. The third-order valence-corrected chi connectivity index (χ3v) is 12.8. The summed E-state index contributed by atoms with van der Waals surface area (Å²) in [5, 5.41) is 4.23. The average molecular weight is 542 g/mol. The standard InChI is InChI=1S/C35H59NO3/c1-12-14-30(3,4)16-18-33(9,28-23-38-28)19-17-31(5,6)35(11)15-13-26-32(7,8)29-25(22-36-39-29)21-34(26,10)27(35)20-24(2)37/h22,26-28H,12-21,23H2,1-11H3/t26-,27+,28?,33-,34-,35+/m0/s1. The van der Waals surface area contributed by atoms with Crippen molar-refractivity contribution in [2.24, 2.45) is 38.9 Å². The minimum absolute atomic E-state index is 0.0328. The van der Waals surface area contributed by atoms with E-state index in [0.717, 1.165) is 25.2 Å². The summed E-state index contributed by atoms with van der Waals surface area (Å²) in [7, 11) is 0. The first-order valence-electron chi connectivity index (χ1n) is 16.0. The van der Waals surface area contributed by atoms with Gasteiger partial charge in [0.15, 0.2) is 0 Å². The van der Waals surface area contributed by atoms with Gasteiger partial charge in [0.1, 0.15) is 11.5 Å². The number of aromatic nitrogens is 1. The number of carbonyl (C=O) groups excluding carboxylic acids is 1. The monoisotopic (exact) mass is 541 g/mol. The lowest BCUT2D eigenvalue weighted by Crippen LogP contribution is -2.60. The van der Waals surface area contributed by atoms with Crippen LogP contribution in [0.1, 0.15) is 145 Å². The minimum Gasteiger partial charge on any atom is -0.373 e. The maximum absolute atomic E-state index is 12.9. The van der Waals surface area contributed by atoms with E-state index in [9.17, 15) is 4.79 Å². The van der Waals surface area contributed by atoms with E-state index in [1.54, 1.807) is 6.92 Å². The molecule has 2 fully saturated rings. The summed E-state index contributed by atoms with van der Waals surface area (Å²) in [4.78, 5) is 12.9. The average Bonchev–Trinajstić information content (AvgIpc) is 3.57. The molecule has 0 amide bonds. The van der Waals surface area contributed by atoms with Crippen LogP contribution < -0.4 is 0 Å². The summed E-state index contributed by atoms with van der Waals surface area (Å²) in [5.74, 6) is 2.20. The summed E-state index contributed by atoms with van der Waals surface area (Å²) >= 11 is 0. The Morgan fingerprint density at radius 2 is 1.67 bits per heavy atom. The van der Waals surface area contributed by atoms with Gasteiger partial charge in [-0.3, -0.25) is 0 Å². The molecule has 6 atom stereocenters. The number of ketones is 1. The molecule has 2 aliphatic carbocycles. The zero-order chi connectivity index (χ0) is 29.1. The van der Waals surface area contributed by atoms with E-state index in [0.29, 0.717) is 35.6 Å². The highest BCUT2D eigenvalue weighted by Crippen LogP contribution is 2.68. The molecule has 1 saturated carbocycles. The van der Waals surface area contributed by atoms with Crippen molar-refractivity contribution < 1.29 is 14.1 Å². The highest BCUT2D eigenvalue weighted by molar-refractivity contribution is 5.76. The first-order valence-corrected chi connectivity index (χ1v) is 16.0. The number of ether oxygens (including phenoxy) is 1. The SMILES string of the molecule is CCCC(C)(C)CC[C@@](C)(CCC(C)(C)[C@]1(C)CC[C@H]2C(C)(C)c3oncc3C[C@]2(C)[C@H]1CC(C)=O)C1CO1. The molecule has 1 saturated heterocycles. The number of nitrogens with zero attached hydrogens (tertiary/aromatic N) is 1. The Labute approximate surface area is 239 Å². The van der Waals surface area contributed by atoms with Crippen LogP contribution in [-0.2, 0) is 21.4 Å². The van der Waals surface area contributed by atoms with Gasteiger partial charge in [-0.05, 0) is 97.2 Å². The molecule has 39 heavy (non-hydrogen) atoms. The lowest BCUT2D eigenvalue weighted by molar-refractivity contribution is -0.155. The van der Waals surface area contributed by atoms with E-state index in [-0.39, 0.29) is 27.1 Å². The molecule has 4 nitrogen and oxygen atoms in total. The van der Waals surface area contributed by atoms with Crippen LogP contribution in [0.4, 0.5) is 0 Å². The van der Waals surface area contributed by atoms with Gasteiger partial charge in [-0.2, -0.15) is 0 Å². The molecule has 4 rings (SSSR count). The fourth-order valence-corrected chi connectivity index (χ4v) is 9.60. The van der Waals surface area contributed by atoms with Crippen molar-refractivity contribution >= 4 is 5.78 Å². The van der Waals surface area contributed by atoms with Gasteiger partial charge in [0.25, 0.3) is 0 Å². The molecule has 1 aromatic rings. The Kier molecular flexibility index (Phi) is 8.12. The van der Waals surface area contributed by atoms with Crippen molar-refractivity contribution in [1.29, 1.82) is 0 Å². The van der Waals surface area contributed by atoms with Gasteiger partial charge >= 0.3 is 0 Å². The Balaban J connectivity index is 1.61. The third-order valence-electron chi connectivity index (χ3n) is 12.8. The van der Waals surface area contributed by atoms with Crippen molar-refractivity contribution in [3.63, 3.8) is 0 Å². The fourth-order valence-electron chi connectivity index (χ4n) is 9.60. The molecule has 4 heteroatoms. The Hall–Kier alpha value is -1.16. The molecule has 0 N–H and O–H groups in total. The Morgan fingerprint density at radius 3 is 2.26 bits per heavy atom. The number of hydrogen-bond donors (Lipinski definition) is 0. The molecule has 3 aliphatic rings. The summed E-state index contributed by atoms with van der Waals surface area (Å²) in [6.45, 7) is 27.1. The second-order valence-corrected chi connectivity index (χ2v) is 16.8. The second kappa shape index (κ2) is 10.3. The van der Waals surface area contributed by atoms with Crippen LogP contribution in [0.15, 0.2) is 10.7 Å². The topological polar surface area (TPSA) is 55.6 Å². The normalized spacial score (nSPS) is 33.7. The van der Waals surface area contributed by atoms with E-state index in [2.05, 4.69) is 74.4 Å². The van der Waals surface area contributed by atoms with Gasteiger partial charge in [-0.25, -0.2) is 0 Å². The lowest BCUT2D eigenvalue weighted by atomic mass is 9.39. The van der Waals surface area contributed by atoms with Crippen molar-refractivity contribution in [3.8, 4) is 0 Å². The number of rotatable bonds is 12. The first-order chi connectivity index (χ1) is 17.9. The largest absolute Gasteiger partial charge is 0.373 e. The van der Waals surface area contributed by atoms with Gasteiger partial charge in [-0.1, -0.05) is 80.8 Å². The van der Waals surface area contributed by atoms with Gasteiger partial charge in [-0.15, -0.1) is 0 Å². The summed E-state index contributed by atoms with van der Waals surface area (Å²) < 4.78 is 11.8. The number of fused-ring (bicyclic) bond motifs is 2. The molecule has 1 aliphatic heterocycles. The summed E-state index contributed by atoms with van der Waals surface area (Å²) in [5.41, 5.74) is 2.00. The quantitative estimate of drug-likeness (QED) is 0.247. The van der Waals surface area contributed by atoms with E-state index in [1.807, 2.05) is 6.20 Å². The predicted molar refractivity (Wildman–Crippen MR) is 160 cm³/mol. The van der Waals surface area contributed by atoms with Crippen molar-refractivity contribution in [3.05, 3.63) is 17.5 Å². The third kappa shape index (κ3) is 5.54. The minimum atomic E-state index is -0.0769. The molecule has 222 valence electrons.